The van der Waals surface area contributed by atoms with E-state index in [1.807, 2.05) is 0 Å². The quantitative estimate of drug-likeness (QED) is 0.534. The standard InChI is InChI=1S/C18H22N4O5/c1-11(17(19)25)5-6-15(24)20-9-7-12-16(20)14(23)10-21(12)18(26)13-4-2-3-8-22(13)27/h2-4,8,11-12,16H,5-7,9-10H2,1H3,(H2,19,25). The normalized spacial score (nSPS) is 22.6. The molecule has 2 fully saturated rings. The minimum Gasteiger partial charge on any atom is -0.618 e. The van der Waals surface area contributed by atoms with Gasteiger partial charge in [0.1, 0.15) is 6.04 Å². The van der Waals surface area contributed by atoms with E-state index in [9.17, 15) is 24.4 Å². The molecule has 3 amide bonds. The molecule has 3 rings (SSSR count). The van der Waals surface area contributed by atoms with Crippen molar-refractivity contribution >= 4 is 23.5 Å². The molecule has 3 heterocycles. The molecule has 1 aromatic heterocycles. The largest absolute Gasteiger partial charge is 0.618 e. The number of hydrogen-bond donors (Lipinski definition) is 1. The monoisotopic (exact) mass is 374 g/mol. The van der Waals surface area contributed by atoms with E-state index in [0.29, 0.717) is 24.1 Å². The smallest absolute Gasteiger partial charge is 0.320 e. The number of primary amides is 1. The maximum Gasteiger partial charge on any atom is 0.320 e. The summed E-state index contributed by atoms with van der Waals surface area (Å²) in [6.07, 6.45) is 2.14. The van der Waals surface area contributed by atoms with Gasteiger partial charge in [-0.15, -0.1) is 0 Å². The fraction of sp³-hybridized carbons (Fsp3) is 0.500. The van der Waals surface area contributed by atoms with E-state index in [2.05, 4.69) is 0 Å². The zero-order chi connectivity index (χ0) is 19.7. The molecule has 27 heavy (non-hydrogen) atoms. The Morgan fingerprint density at radius 1 is 1.33 bits per heavy atom. The number of pyridine rings is 1. The molecule has 1 aromatic rings. The molecule has 2 N–H and O–H groups in total. The summed E-state index contributed by atoms with van der Waals surface area (Å²) in [4.78, 5) is 51.7. The Hall–Kier alpha value is -2.97. The van der Waals surface area contributed by atoms with Crippen molar-refractivity contribution in [2.45, 2.75) is 38.3 Å². The van der Waals surface area contributed by atoms with Gasteiger partial charge in [0.25, 0.3) is 5.69 Å². The number of likely N-dealkylation sites (tertiary alicyclic amines) is 2. The third-order valence-corrected chi connectivity index (χ3v) is 5.32. The Morgan fingerprint density at radius 3 is 2.74 bits per heavy atom. The predicted octanol–water partition coefficient (Wildman–Crippen LogP) is -0.784. The zero-order valence-corrected chi connectivity index (χ0v) is 15.0. The highest BCUT2D eigenvalue weighted by Crippen LogP contribution is 2.31. The van der Waals surface area contributed by atoms with E-state index in [1.54, 1.807) is 13.0 Å². The molecular formula is C18H22N4O5. The van der Waals surface area contributed by atoms with Crippen LogP contribution >= 0.6 is 0 Å². The van der Waals surface area contributed by atoms with Crippen molar-refractivity contribution in [2.75, 3.05) is 13.1 Å². The maximum atomic E-state index is 12.7. The van der Waals surface area contributed by atoms with E-state index in [1.165, 1.54) is 28.1 Å². The van der Waals surface area contributed by atoms with Gasteiger partial charge < -0.3 is 20.7 Å². The average molecular weight is 374 g/mol. The molecular weight excluding hydrogens is 352 g/mol. The van der Waals surface area contributed by atoms with Crippen LogP contribution in [0.5, 0.6) is 0 Å². The Bertz CT molecular complexity index is 796. The molecule has 0 radical (unpaired) electrons. The molecule has 0 aromatic carbocycles. The topological polar surface area (TPSA) is 128 Å². The van der Waals surface area contributed by atoms with E-state index >= 15 is 0 Å². The predicted molar refractivity (Wildman–Crippen MR) is 92.9 cm³/mol. The lowest BCUT2D eigenvalue weighted by Gasteiger charge is -2.24. The number of Topliss-reactive ketones (excluding diaryl/α,β-unsaturated/α-hetero) is 1. The number of ketones is 1. The first-order valence-electron chi connectivity index (χ1n) is 8.92. The van der Waals surface area contributed by atoms with Crippen molar-refractivity contribution in [3.63, 3.8) is 0 Å². The molecule has 2 saturated heterocycles. The molecule has 0 aliphatic carbocycles. The zero-order valence-electron chi connectivity index (χ0n) is 15.0. The van der Waals surface area contributed by atoms with Crippen LogP contribution in [0.2, 0.25) is 0 Å². The highest BCUT2D eigenvalue weighted by atomic mass is 16.5. The molecule has 9 nitrogen and oxygen atoms in total. The summed E-state index contributed by atoms with van der Waals surface area (Å²) < 4.78 is 0.475. The highest BCUT2D eigenvalue weighted by Gasteiger charge is 2.52. The van der Waals surface area contributed by atoms with Crippen molar-refractivity contribution in [2.24, 2.45) is 11.7 Å². The fourth-order valence-corrected chi connectivity index (χ4v) is 3.74. The molecule has 2 aliphatic rings. The highest BCUT2D eigenvalue weighted by molar-refractivity contribution is 6.01. The Labute approximate surface area is 156 Å². The lowest BCUT2D eigenvalue weighted by molar-refractivity contribution is -0.608. The summed E-state index contributed by atoms with van der Waals surface area (Å²) >= 11 is 0. The van der Waals surface area contributed by atoms with Crippen LogP contribution in [-0.2, 0) is 14.4 Å². The lowest BCUT2D eigenvalue weighted by atomic mass is 10.0. The van der Waals surface area contributed by atoms with Crippen molar-refractivity contribution in [3.8, 4) is 0 Å². The molecule has 0 spiro atoms. The van der Waals surface area contributed by atoms with Crippen LogP contribution in [-0.4, -0.2) is 58.5 Å². The van der Waals surface area contributed by atoms with Gasteiger partial charge in [0.15, 0.2) is 12.0 Å². The SMILES string of the molecule is CC(CCC(=O)N1CCC2C1C(=O)CN2C(=O)c1cccc[n+]1[O-])C(N)=O. The van der Waals surface area contributed by atoms with Crippen molar-refractivity contribution in [1.82, 2.24) is 9.80 Å². The van der Waals surface area contributed by atoms with Gasteiger partial charge in [-0.25, -0.2) is 0 Å². The van der Waals surface area contributed by atoms with Crippen molar-refractivity contribution in [1.29, 1.82) is 0 Å². The number of fused-ring (bicyclic) bond motifs is 1. The summed E-state index contributed by atoms with van der Waals surface area (Å²) in [5.41, 5.74) is 5.16. The van der Waals surface area contributed by atoms with Crippen molar-refractivity contribution in [3.05, 3.63) is 35.3 Å². The third-order valence-electron chi connectivity index (χ3n) is 5.32. The minimum atomic E-state index is -0.686. The van der Waals surface area contributed by atoms with E-state index < -0.39 is 29.8 Å². The van der Waals surface area contributed by atoms with Crippen LogP contribution in [0.4, 0.5) is 0 Å². The van der Waals surface area contributed by atoms with E-state index in [0.717, 1.165) is 0 Å². The van der Waals surface area contributed by atoms with Gasteiger partial charge in [-0.3, -0.25) is 19.2 Å². The number of carbonyl (C=O) groups is 4. The first-order valence-corrected chi connectivity index (χ1v) is 8.92. The number of amides is 3. The first kappa shape index (κ1) is 18.8. The van der Waals surface area contributed by atoms with E-state index in [-0.39, 0.29) is 30.3 Å². The van der Waals surface area contributed by atoms with Crippen LogP contribution in [0, 0.1) is 11.1 Å². The van der Waals surface area contributed by atoms with Gasteiger partial charge in [0.05, 0.1) is 12.6 Å². The number of hydrogen-bond acceptors (Lipinski definition) is 5. The van der Waals surface area contributed by atoms with Gasteiger partial charge in [-0.1, -0.05) is 6.92 Å². The first-order chi connectivity index (χ1) is 12.8. The number of aromatic nitrogens is 1. The number of rotatable bonds is 5. The number of nitrogens with zero attached hydrogens (tertiary/aromatic N) is 3. The van der Waals surface area contributed by atoms with Gasteiger partial charge in [0.2, 0.25) is 11.8 Å². The van der Waals surface area contributed by atoms with Gasteiger partial charge in [-0.05, 0) is 18.9 Å². The van der Waals surface area contributed by atoms with Gasteiger partial charge >= 0.3 is 5.91 Å². The second kappa shape index (κ2) is 7.34. The second-order valence-electron chi connectivity index (χ2n) is 7.04. The van der Waals surface area contributed by atoms with Crippen LogP contribution in [0.15, 0.2) is 24.4 Å². The summed E-state index contributed by atoms with van der Waals surface area (Å²) in [6, 6.07) is 3.40. The van der Waals surface area contributed by atoms with Crippen molar-refractivity contribution < 1.29 is 23.9 Å². The summed E-state index contributed by atoms with van der Waals surface area (Å²) in [6.45, 7) is 1.90. The fourth-order valence-electron chi connectivity index (χ4n) is 3.74. The molecule has 0 saturated carbocycles. The van der Waals surface area contributed by atoms with Crippen LogP contribution in [0.3, 0.4) is 0 Å². The lowest BCUT2D eigenvalue weighted by Crippen LogP contribution is -2.46. The Morgan fingerprint density at radius 2 is 2.07 bits per heavy atom. The maximum absolute atomic E-state index is 12.7. The Kier molecular flexibility index (Phi) is 5.11. The Balaban J connectivity index is 1.71. The molecule has 3 atom stereocenters. The molecule has 0 bridgehead atoms. The number of nitrogens with two attached hydrogens (primary N) is 1. The minimum absolute atomic E-state index is 0.0500. The molecule has 144 valence electrons. The molecule has 3 unspecified atom stereocenters. The number of carbonyl (C=O) groups excluding carboxylic acids is 4. The molecule has 2 aliphatic heterocycles. The van der Waals surface area contributed by atoms with Crippen LogP contribution in [0.1, 0.15) is 36.7 Å². The summed E-state index contributed by atoms with van der Waals surface area (Å²) in [5.74, 6) is -1.84. The second-order valence-corrected chi connectivity index (χ2v) is 7.04. The van der Waals surface area contributed by atoms with Gasteiger partial charge in [0, 0.05) is 31.0 Å². The third kappa shape index (κ3) is 3.49. The van der Waals surface area contributed by atoms with Crippen LogP contribution in [0.25, 0.3) is 0 Å². The van der Waals surface area contributed by atoms with E-state index in [4.69, 9.17) is 5.73 Å². The summed E-state index contributed by atoms with van der Waals surface area (Å²) in [5, 5.41) is 11.8. The summed E-state index contributed by atoms with van der Waals surface area (Å²) in [7, 11) is 0. The molecule has 9 heteroatoms. The van der Waals surface area contributed by atoms with Gasteiger partial charge in [-0.2, -0.15) is 4.73 Å². The van der Waals surface area contributed by atoms with Crippen LogP contribution < -0.4 is 10.5 Å². The average Bonchev–Trinajstić information content (AvgIpc) is 3.20.